The van der Waals surface area contributed by atoms with Crippen LogP contribution < -0.4 is 9.47 Å². The molecule has 1 saturated carbocycles. The van der Waals surface area contributed by atoms with Crippen LogP contribution in [0.1, 0.15) is 28.8 Å². The molecule has 2 aromatic rings. The van der Waals surface area contributed by atoms with E-state index in [1.54, 1.807) is 6.07 Å². The van der Waals surface area contributed by atoms with Crippen molar-refractivity contribution in [1.82, 2.24) is 0 Å². The third-order valence-corrected chi connectivity index (χ3v) is 4.15. The zero-order valence-electron chi connectivity index (χ0n) is 12.4. The molecular weight excluding hydrogens is 335 g/mol. The van der Waals surface area contributed by atoms with Crippen molar-refractivity contribution in [2.45, 2.75) is 19.4 Å². The van der Waals surface area contributed by atoms with E-state index in [-0.39, 0.29) is 5.56 Å². The summed E-state index contributed by atoms with van der Waals surface area (Å²) in [6.45, 7) is 0.966. The SMILES string of the molecule is O=C(Cl)c1cc(Cl)c(OCC2CC2)cc1OCc1ccccc1. The molecule has 0 unspecified atom stereocenters. The minimum Gasteiger partial charge on any atom is -0.492 e. The topological polar surface area (TPSA) is 35.5 Å². The van der Waals surface area contributed by atoms with Crippen LogP contribution in [0, 0.1) is 5.92 Å². The first kappa shape index (κ1) is 16.2. The van der Waals surface area contributed by atoms with Crippen molar-refractivity contribution in [3.63, 3.8) is 0 Å². The summed E-state index contributed by atoms with van der Waals surface area (Å²) in [6.07, 6.45) is 2.38. The summed E-state index contributed by atoms with van der Waals surface area (Å²) in [5.41, 5.74) is 1.24. The van der Waals surface area contributed by atoms with Gasteiger partial charge in [0.1, 0.15) is 18.1 Å². The molecule has 0 amide bonds. The molecule has 0 saturated heterocycles. The predicted molar refractivity (Wildman–Crippen MR) is 90.6 cm³/mol. The Labute approximate surface area is 145 Å². The average molecular weight is 351 g/mol. The average Bonchev–Trinajstić information content (AvgIpc) is 3.37. The highest BCUT2D eigenvalue weighted by atomic mass is 35.5. The second-order valence-electron chi connectivity index (χ2n) is 5.58. The number of carbonyl (C=O) groups excluding carboxylic acids is 1. The van der Waals surface area contributed by atoms with Gasteiger partial charge in [0.25, 0.3) is 5.24 Å². The van der Waals surface area contributed by atoms with Crippen molar-refractivity contribution in [2.75, 3.05) is 6.61 Å². The summed E-state index contributed by atoms with van der Waals surface area (Å²) in [4.78, 5) is 11.6. The van der Waals surface area contributed by atoms with Gasteiger partial charge in [-0.2, -0.15) is 0 Å². The van der Waals surface area contributed by atoms with Gasteiger partial charge in [-0.3, -0.25) is 4.79 Å². The second-order valence-corrected chi connectivity index (χ2v) is 6.33. The molecule has 0 aromatic heterocycles. The van der Waals surface area contributed by atoms with Gasteiger partial charge < -0.3 is 9.47 Å². The normalized spacial score (nSPS) is 13.7. The molecule has 2 aromatic carbocycles. The number of hydrogen-bond donors (Lipinski definition) is 0. The van der Waals surface area contributed by atoms with E-state index in [0.717, 1.165) is 5.56 Å². The van der Waals surface area contributed by atoms with E-state index in [1.165, 1.54) is 18.9 Å². The van der Waals surface area contributed by atoms with Crippen LogP contribution in [-0.4, -0.2) is 11.8 Å². The van der Waals surface area contributed by atoms with Gasteiger partial charge in [-0.25, -0.2) is 0 Å². The zero-order valence-corrected chi connectivity index (χ0v) is 13.9. The second kappa shape index (κ2) is 7.24. The van der Waals surface area contributed by atoms with Crippen molar-refractivity contribution in [1.29, 1.82) is 0 Å². The molecule has 0 atom stereocenters. The highest BCUT2D eigenvalue weighted by Crippen LogP contribution is 2.36. The Morgan fingerprint density at radius 2 is 1.83 bits per heavy atom. The molecule has 0 aliphatic heterocycles. The minimum absolute atomic E-state index is 0.242. The van der Waals surface area contributed by atoms with Crippen molar-refractivity contribution >= 4 is 28.4 Å². The molecular formula is C18H16Cl2O3. The number of ether oxygens (including phenoxy) is 2. The van der Waals surface area contributed by atoms with Crippen LogP contribution in [0.4, 0.5) is 0 Å². The van der Waals surface area contributed by atoms with E-state index in [9.17, 15) is 4.79 Å². The quantitative estimate of drug-likeness (QED) is 0.652. The molecule has 3 rings (SSSR count). The van der Waals surface area contributed by atoms with Crippen molar-refractivity contribution < 1.29 is 14.3 Å². The number of rotatable bonds is 7. The summed E-state index contributed by atoms with van der Waals surface area (Å²) in [5, 5.41) is -0.245. The van der Waals surface area contributed by atoms with Gasteiger partial charge in [-0.1, -0.05) is 41.9 Å². The predicted octanol–water partition coefficient (Wildman–Crippen LogP) is 5.09. The maximum atomic E-state index is 11.6. The van der Waals surface area contributed by atoms with Gasteiger partial charge in [0.15, 0.2) is 0 Å². The lowest BCUT2D eigenvalue weighted by Gasteiger charge is -2.14. The van der Waals surface area contributed by atoms with Crippen LogP contribution >= 0.6 is 23.2 Å². The Morgan fingerprint density at radius 1 is 1.09 bits per heavy atom. The fourth-order valence-electron chi connectivity index (χ4n) is 2.15. The van der Waals surface area contributed by atoms with Gasteiger partial charge in [-0.05, 0) is 42.0 Å². The zero-order chi connectivity index (χ0) is 16.2. The monoisotopic (exact) mass is 350 g/mol. The summed E-state index contributed by atoms with van der Waals surface area (Å²) >= 11 is 11.8. The molecule has 0 radical (unpaired) electrons. The highest BCUT2D eigenvalue weighted by molar-refractivity contribution is 6.68. The fourth-order valence-corrected chi connectivity index (χ4v) is 2.51. The van der Waals surface area contributed by atoms with Crippen molar-refractivity contribution in [3.8, 4) is 11.5 Å². The third-order valence-electron chi connectivity index (χ3n) is 3.65. The molecule has 0 N–H and O–H groups in total. The van der Waals surface area contributed by atoms with E-state index in [2.05, 4.69) is 0 Å². The summed E-state index contributed by atoms with van der Waals surface area (Å²) in [5.74, 6) is 1.50. The minimum atomic E-state index is -0.608. The lowest BCUT2D eigenvalue weighted by atomic mass is 10.2. The van der Waals surface area contributed by atoms with E-state index < -0.39 is 5.24 Å². The Bertz CT molecular complexity index is 697. The van der Waals surface area contributed by atoms with Crippen LogP contribution in [-0.2, 0) is 6.61 Å². The third kappa shape index (κ3) is 4.40. The van der Waals surface area contributed by atoms with E-state index >= 15 is 0 Å². The standard InChI is InChI=1S/C18H16Cl2O3/c19-15-8-14(18(20)21)16(9-17(15)23-11-13-6-7-13)22-10-12-4-2-1-3-5-12/h1-5,8-9,13H,6-7,10-11H2. The van der Waals surface area contributed by atoms with E-state index in [4.69, 9.17) is 32.7 Å². The number of hydrogen-bond acceptors (Lipinski definition) is 3. The van der Waals surface area contributed by atoms with Crippen LogP contribution in [0.2, 0.25) is 5.02 Å². The van der Waals surface area contributed by atoms with Gasteiger partial charge in [-0.15, -0.1) is 0 Å². The fraction of sp³-hybridized carbons (Fsp3) is 0.278. The lowest BCUT2D eigenvalue weighted by Crippen LogP contribution is -2.04. The number of halogens is 2. The van der Waals surface area contributed by atoms with Crippen molar-refractivity contribution in [3.05, 3.63) is 58.6 Å². The molecule has 5 heteroatoms. The first-order valence-corrected chi connectivity index (χ1v) is 8.22. The summed E-state index contributed by atoms with van der Waals surface area (Å²) < 4.78 is 11.5. The molecule has 0 heterocycles. The largest absolute Gasteiger partial charge is 0.492 e. The molecule has 120 valence electrons. The van der Waals surface area contributed by atoms with E-state index in [1.807, 2.05) is 30.3 Å². The molecule has 0 spiro atoms. The van der Waals surface area contributed by atoms with Gasteiger partial charge >= 0.3 is 0 Å². The number of benzene rings is 2. The molecule has 0 bridgehead atoms. The Morgan fingerprint density at radius 3 is 2.48 bits per heavy atom. The molecule has 1 aliphatic carbocycles. The first-order valence-electron chi connectivity index (χ1n) is 7.46. The molecule has 23 heavy (non-hydrogen) atoms. The maximum absolute atomic E-state index is 11.6. The van der Waals surface area contributed by atoms with Crippen molar-refractivity contribution in [2.24, 2.45) is 5.92 Å². The highest BCUT2D eigenvalue weighted by Gasteiger charge is 2.23. The summed E-state index contributed by atoms with van der Waals surface area (Å²) in [6, 6.07) is 12.8. The smallest absolute Gasteiger partial charge is 0.256 e. The summed E-state index contributed by atoms with van der Waals surface area (Å²) in [7, 11) is 0. The van der Waals surface area contributed by atoms with E-state index in [0.29, 0.717) is 35.7 Å². The van der Waals surface area contributed by atoms with Crippen LogP contribution in [0.3, 0.4) is 0 Å². The molecule has 1 fully saturated rings. The van der Waals surface area contributed by atoms with Crippen LogP contribution in [0.15, 0.2) is 42.5 Å². The maximum Gasteiger partial charge on any atom is 0.256 e. The molecule has 1 aliphatic rings. The van der Waals surface area contributed by atoms with Crippen LogP contribution in [0.25, 0.3) is 0 Å². The number of carbonyl (C=O) groups is 1. The Balaban J connectivity index is 1.79. The first-order chi connectivity index (χ1) is 11.1. The molecule has 3 nitrogen and oxygen atoms in total. The van der Waals surface area contributed by atoms with Gasteiger partial charge in [0.2, 0.25) is 0 Å². The van der Waals surface area contributed by atoms with Gasteiger partial charge in [0, 0.05) is 6.07 Å². The van der Waals surface area contributed by atoms with Crippen LogP contribution in [0.5, 0.6) is 11.5 Å². The van der Waals surface area contributed by atoms with Gasteiger partial charge in [0.05, 0.1) is 17.2 Å². The lowest BCUT2D eigenvalue weighted by molar-refractivity contribution is 0.107. The Kier molecular flexibility index (Phi) is 5.09. The Hall–Kier alpha value is -1.71.